The van der Waals surface area contributed by atoms with E-state index in [1.165, 1.54) is 0 Å². The Labute approximate surface area is 89.9 Å². The molecule has 0 saturated heterocycles. The van der Waals surface area contributed by atoms with Crippen LogP contribution in [0.15, 0.2) is 35.2 Å². The third-order valence-electron chi connectivity index (χ3n) is 1.76. The van der Waals surface area contributed by atoms with E-state index in [1.807, 2.05) is 18.3 Å². The Morgan fingerprint density at radius 3 is 2.93 bits per heavy atom. The number of nitrogens with zero attached hydrogens (tertiary/aromatic N) is 2. The van der Waals surface area contributed by atoms with Gasteiger partial charge in [0.1, 0.15) is 5.82 Å². The summed E-state index contributed by atoms with van der Waals surface area (Å²) in [5.74, 6) is 0.856. The second-order valence-electron chi connectivity index (χ2n) is 2.82. The Hall–Kier alpha value is -1.36. The first-order valence-corrected chi connectivity index (χ1v) is 4.97. The number of anilines is 1. The van der Waals surface area contributed by atoms with Gasteiger partial charge < -0.3 is 5.32 Å². The van der Waals surface area contributed by atoms with Crippen LogP contribution >= 0.6 is 15.9 Å². The van der Waals surface area contributed by atoms with Gasteiger partial charge in [-0.2, -0.15) is 5.10 Å². The Bertz CT molecular complexity index is 382. The molecule has 0 aromatic carbocycles. The quantitative estimate of drug-likeness (QED) is 0.881. The molecule has 14 heavy (non-hydrogen) atoms. The van der Waals surface area contributed by atoms with Gasteiger partial charge in [-0.1, -0.05) is 0 Å². The van der Waals surface area contributed by atoms with E-state index < -0.39 is 0 Å². The lowest BCUT2D eigenvalue weighted by molar-refractivity contribution is 1.09. The van der Waals surface area contributed by atoms with Crippen LogP contribution in [0.4, 0.5) is 5.82 Å². The van der Waals surface area contributed by atoms with E-state index in [4.69, 9.17) is 0 Å². The van der Waals surface area contributed by atoms with Crippen molar-refractivity contribution in [3.63, 3.8) is 0 Å². The molecular weight excluding hydrogens is 244 g/mol. The van der Waals surface area contributed by atoms with Crippen molar-refractivity contribution in [3.05, 3.63) is 40.8 Å². The average molecular weight is 253 g/mol. The lowest BCUT2D eigenvalue weighted by Crippen LogP contribution is -1.99. The fraction of sp³-hybridized carbons (Fsp3) is 0.111. The molecule has 2 N–H and O–H groups in total. The highest BCUT2D eigenvalue weighted by molar-refractivity contribution is 9.10. The summed E-state index contributed by atoms with van der Waals surface area (Å²) >= 11 is 3.33. The lowest BCUT2D eigenvalue weighted by atomic mass is 10.3. The molecule has 2 heterocycles. The zero-order valence-corrected chi connectivity index (χ0v) is 8.95. The predicted molar refractivity (Wildman–Crippen MR) is 57.9 cm³/mol. The van der Waals surface area contributed by atoms with Crippen molar-refractivity contribution in [2.75, 3.05) is 5.32 Å². The Morgan fingerprint density at radius 2 is 2.29 bits per heavy atom. The van der Waals surface area contributed by atoms with Gasteiger partial charge in [0.15, 0.2) is 0 Å². The summed E-state index contributed by atoms with van der Waals surface area (Å²) in [6.07, 6.45) is 5.40. The number of aromatic nitrogens is 3. The smallest absolute Gasteiger partial charge is 0.126 e. The highest BCUT2D eigenvalue weighted by Crippen LogP contribution is 2.11. The molecule has 5 heteroatoms. The number of hydrogen-bond acceptors (Lipinski definition) is 3. The summed E-state index contributed by atoms with van der Waals surface area (Å²) in [6.45, 7) is 0.727. The molecule has 2 aromatic heterocycles. The largest absolute Gasteiger partial charge is 0.366 e. The molecule has 0 fully saturated rings. The second kappa shape index (κ2) is 4.23. The maximum Gasteiger partial charge on any atom is 0.126 e. The van der Waals surface area contributed by atoms with Gasteiger partial charge in [-0.15, -0.1) is 0 Å². The highest BCUT2D eigenvalue weighted by atomic mass is 79.9. The van der Waals surface area contributed by atoms with Crippen LogP contribution in [-0.4, -0.2) is 15.2 Å². The van der Waals surface area contributed by atoms with Crippen LogP contribution in [0.25, 0.3) is 0 Å². The predicted octanol–water partition coefficient (Wildman–Crippen LogP) is 2.18. The average Bonchev–Trinajstić information content (AvgIpc) is 2.70. The summed E-state index contributed by atoms with van der Waals surface area (Å²) in [5.41, 5.74) is 1.11. The van der Waals surface area contributed by atoms with Crippen molar-refractivity contribution in [3.8, 4) is 0 Å². The maximum atomic E-state index is 4.19. The van der Waals surface area contributed by atoms with Crippen LogP contribution in [0.5, 0.6) is 0 Å². The summed E-state index contributed by atoms with van der Waals surface area (Å²) in [5, 5.41) is 9.80. The summed E-state index contributed by atoms with van der Waals surface area (Å²) in [4.78, 5) is 4.19. The minimum Gasteiger partial charge on any atom is -0.366 e. The lowest BCUT2D eigenvalue weighted by Gasteiger charge is -2.02. The zero-order chi connectivity index (χ0) is 9.80. The number of rotatable bonds is 3. The van der Waals surface area contributed by atoms with Gasteiger partial charge in [0.25, 0.3) is 0 Å². The van der Waals surface area contributed by atoms with Gasteiger partial charge in [0, 0.05) is 29.0 Å². The van der Waals surface area contributed by atoms with Gasteiger partial charge in [0.05, 0.1) is 6.20 Å². The molecule has 0 aliphatic heterocycles. The first kappa shape index (κ1) is 9.21. The monoisotopic (exact) mass is 252 g/mol. The van der Waals surface area contributed by atoms with E-state index in [0.29, 0.717) is 0 Å². The third-order valence-corrected chi connectivity index (χ3v) is 2.22. The molecule has 0 aliphatic carbocycles. The SMILES string of the molecule is Brc1ccc(NCc2cn[nH]c2)nc1. The molecule has 2 rings (SSSR count). The molecule has 0 aliphatic rings. The Morgan fingerprint density at radius 1 is 1.36 bits per heavy atom. The zero-order valence-electron chi connectivity index (χ0n) is 7.37. The van der Waals surface area contributed by atoms with Crippen molar-refractivity contribution in [1.82, 2.24) is 15.2 Å². The normalized spacial score (nSPS) is 10.1. The Kier molecular flexibility index (Phi) is 2.78. The molecule has 0 bridgehead atoms. The molecule has 0 radical (unpaired) electrons. The van der Waals surface area contributed by atoms with Crippen molar-refractivity contribution < 1.29 is 0 Å². The minimum atomic E-state index is 0.727. The molecule has 2 aromatic rings. The number of H-pyrrole nitrogens is 1. The fourth-order valence-corrected chi connectivity index (χ4v) is 1.28. The van der Waals surface area contributed by atoms with Crippen molar-refractivity contribution in [1.29, 1.82) is 0 Å². The molecular formula is C9H9BrN4. The molecule has 0 atom stereocenters. The molecule has 0 saturated carbocycles. The summed E-state index contributed by atoms with van der Waals surface area (Å²) in [6, 6.07) is 3.87. The van der Waals surface area contributed by atoms with Crippen LogP contribution in [0, 0.1) is 0 Å². The van der Waals surface area contributed by atoms with Crippen molar-refractivity contribution in [2.45, 2.75) is 6.54 Å². The van der Waals surface area contributed by atoms with Crippen molar-refractivity contribution in [2.24, 2.45) is 0 Å². The topological polar surface area (TPSA) is 53.6 Å². The van der Waals surface area contributed by atoms with E-state index in [0.717, 1.165) is 22.4 Å². The number of aromatic amines is 1. The van der Waals surface area contributed by atoms with Gasteiger partial charge in [-0.05, 0) is 28.1 Å². The minimum absolute atomic E-state index is 0.727. The van der Waals surface area contributed by atoms with Crippen LogP contribution in [-0.2, 0) is 6.54 Å². The summed E-state index contributed by atoms with van der Waals surface area (Å²) in [7, 11) is 0. The highest BCUT2D eigenvalue weighted by Gasteiger charge is 1.95. The molecule has 0 amide bonds. The van der Waals surface area contributed by atoms with E-state index >= 15 is 0 Å². The summed E-state index contributed by atoms with van der Waals surface area (Å²) < 4.78 is 0.978. The van der Waals surface area contributed by atoms with Crippen molar-refractivity contribution >= 4 is 21.7 Å². The van der Waals surface area contributed by atoms with Crippen LogP contribution in [0.1, 0.15) is 5.56 Å². The first-order chi connectivity index (χ1) is 6.84. The van der Waals surface area contributed by atoms with E-state index in [1.54, 1.807) is 12.4 Å². The standard InChI is InChI=1S/C9H9BrN4/c10-8-1-2-9(12-6-8)11-3-7-4-13-14-5-7/h1-2,4-6H,3H2,(H,11,12)(H,13,14). The van der Waals surface area contributed by atoms with Gasteiger partial charge in [-0.25, -0.2) is 4.98 Å². The van der Waals surface area contributed by atoms with E-state index in [-0.39, 0.29) is 0 Å². The van der Waals surface area contributed by atoms with Crippen LogP contribution in [0.3, 0.4) is 0 Å². The number of nitrogens with one attached hydrogen (secondary N) is 2. The van der Waals surface area contributed by atoms with Gasteiger partial charge in [-0.3, -0.25) is 5.10 Å². The van der Waals surface area contributed by atoms with E-state index in [9.17, 15) is 0 Å². The molecule has 0 spiro atoms. The fourth-order valence-electron chi connectivity index (χ4n) is 1.05. The Balaban J connectivity index is 1.95. The molecule has 72 valence electrons. The first-order valence-electron chi connectivity index (χ1n) is 4.18. The number of halogens is 1. The number of hydrogen-bond donors (Lipinski definition) is 2. The number of pyridine rings is 1. The third kappa shape index (κ3) is 2.32. The van der Waals surface area contributed by atoms with Gasteiger partial charge >= 0.3 is 0 Å². The van der Waals surface area contributed by atoms with Crippen LogP contribution < -0.4 is 5.32 Å². The van der Waals surface area contributed by atoms with Gasteiger partial charge in [0.2, 0.25) is 0 Å². The second-order valence-corrected chi connectivity index (χ2v) is 3.74. The van der Waals surface area contributed by atoms with E-state index in [2.05, 4.69) is 36.4 Å². The molecule has 4 nitrogen and oxygen atoms in total. The van der Waals surface area contributed by atoms with Crippen LogP contribution in [0.2, 0.25) is 0 Å². The maximum absolute atomic E-state index is 4.19. The molecule has 0 unspecified atom stereocenters.